The fraction of sp³-hybridized carbons (Fsp3) is 0.154. The van der Waals surface area contributed by atoms with E-state index in [1.165, 1.54) is 9.35 Å². The lowest BCUT2D eigenvalue weighted by Crippen LogP contribution is -1.91. The summed E-state index contributed by atoms with van der Waals surface area (Å²) in [5.74, 6) is -2.51. The van der Waals surface area contributed by atoms with Crippen molar-refractivity contribution in [1.29, 1.82) is 0 Å². The van der Waals surface area contributed by atoms with Gasteiger partial charge in [0.05, 0.1) is 12.0 Å². The summed E-state index contributed by atoms with van der Waals surface area (Å²) in [6.45, 7) is 0. The van der Waals surface area contributed by atoms with Gasteiger partial charge in [0, 0.05) is 37.6 Å². The molecule has 2 aromatic heterocycles. The highest BCUT2D eigenvalue weighted by atomic mass is 79.9. The quantitative estimate of drug-likeness (QED) is 0.603. The van der Waals surface area contributed by atoms with Crippen LogP contribution in [0.4, 0.5) is 0 Å². The van der Waals surface area contributed by atoms with E-state index in [1.54, 1.807) is 17.7 Å². The molecule has 6 nitrogen and oxygen atoms in total. The smallest absolute Gasteiger partial charge is 0.328 e. The average molecular weight is 452 g/mol. The van der Waals surface area contributed by atoms with E-state index in [9.17, 15) is 9.59 Å². The Labute approximate surface area is 147 Å². The van der Waals surface area contributed by atoms with Gasteiger partial charge in [0.2, 0.25) is 0 Å². The summed E-state index contributed by atoms with van der Waals surface area (Å²) < 4.78 is 2.32. The number of aliphatic carboxylic acids is 2. The number of imidazole rings is 1. The molecule has 2 aromatic rings. The Morgan fingerprint density at radius 1 is 1.23 bits per heavy atom. The van der Waals surface area contributed by atoms with Crippen LogP contribution in [0.25, 0.3) is 0 Å². The van der Waals surface area contributed by atoms with Gasteiger partial charge in [0.15, 0.2) is 0 Å². The lowest BCUT2D eigenvalue weighted by Gasteiger charge is -1.96. The highest BCUT2D eigenvalue weighted by Gasteiger charge is 2.07. The SMILES string of the molecule is Brc1csc(CCc2c[nH]cn2)c1Br.O=C(O)C=CC(=O)O. The van der Waals surface area contributed by atoms with Gasteiger partial charge < -0.3 is 15.2 Å². The molecule has 0 spiro atoms. The summed E-state index contributed by atoms with van der Waals surface area (Å²) in [6, 6.07) is 0. The molecule has 2 rings (SSSR count). The van der Waals surface area contributed by atoms with Gasteiger partial charge >= 0.3 is 11.9 Å². The monoisotopic (exact) mass is 450 g/mol. The number of hydrogen-bond acceptors (Lipinski definition) is 4. The molecule has 9 heteroatoms. The number of thiophene rings is 1. The highest BCUT2D eigenvalue weighted by molar-refractivity contribution is 9.13. The zero-order chi connectivity index (χ0) is 16.5. The van der Waals surface area contributed by atoms with Crippen molar-refractivity contribution < 1.29 is 19.8 Å². The summed E-state index contributed by atoms with van der Waals surface area (Å²) in [5, 5.41) is 17.7. The van der Waals surface area contributed by atoms with E-state index in [4.69, 9.17) is 10.2 Å². The van der Waals surface area contributed by atoms with E-state index >= 15 is 0 Å². The van der Waals surface area contributed by atoms with Gasteiger partial charge in [-0.2, -0.15) is 0 Å². The molecule has 0 unspecified atom stereocenters. The standard InChI is InChI=1S/C9H8Br2N2S.C4H4O4/c10-7-4-14-8(9(7)11)2-1-6-3-12-5-13-6;5-3(6)1-2-4(7)8/h3-5H,1-2H2,(H,12,13);1-2H,(H,5,6)(H,7,8). The molecule has 0 fully saturated rings. The zero-order valence-electron chi connectivity index (χ0n) is 11.1. The first kappa shape index (κ1) is 18.6. The van der Waals surface area contributed by atoms with Crippen molar-refractivity contribution in [2.24, 2.45) is 0 Å². The summed E-state index contributed by atoms with van der Waals surface area (Å²) in [7, 11) is 0. The first-order valence-corrected chi connectivity index (χ1v) is 8.39. The zero-order valence-corrected chi connectivity index (χ0v) is 15.1. The van der Waals surface area contributed by atoms with Crippen molar-refractivity contribution in [2.45, 2.75) is 12.8 Å². The van der Waals surface area contributed by atoms with E-state index in [2.05, 4.69) is 47.2 Å². The van der Waals surface area contributed by atoms with E-state index in [1.807, 2.05) is 6.20 Å². The Hall–Kier alpha value is -1.45. The van der Waals surface area contributed by atoms with Crippen molar-refractivity contribution in [3.05, 3.63) is 49.6 Å². The van der Waals surface area contributed by atoms with Gasteiger partial charge in [0.25, 0.3) is 0 Å². The van der Waals surface area contributed by atoms with E-state index in [0.717, 1.165) is 23.0 Å². The molecule has 0 amide bonds. The number of nitrogens with zero attached hydrogens (tertiary/aromatic N) is 1. The highest BCUT2D eigenvalue weighted by Crippen LogP contribution is 2.33. The Morgan fingerprint density at radius 2 is 1.86 bits per heavy atom. The maximum absolute atomic E-state index is 9.55. The first-order valence-electron chi connectivity index (χ1n) is 5.93. The van der Waals surface area contributed by atoms with Crippen molar-refractivity contribution in [3.8, 4) is 0 Å². The molecular weight excluding hydrogens is 440 g/mol. The number of aromatic nitrogens is 2. The number of aryl methyl sites for hydroxylation is 2. The maximum Gasteiger partial charge on any atom is 0.328 e. The fourth-order valence-electron chi connectivity index (χ4n) is 1.34. The lowest BCUT2D eigenvalue weighted by molar-refractivity contribution is -0.134. The minimum Gasteiger partial charge on any atom is -0.478 e. The van der Waals surface area contributed by atoms with Crippen LogP contribution in [0.2, 0.25) is 0 Å². The number of halogens is 2. The molecule has 3 N–H and O–H groups in total. The molecule has 22 heavy (non-hydrogen) atoms. The van der Waals surface area contributed by atoms with E-state index < -0.39 is 11.9 Å². The number of aromatic amines is 1. The van der Waals surface area contributed by atoms with Crippen molar-refractivity contribution in [2.75, 3.05) is 0 Å². The molecule has 0 saturated carbocycles. The van der Waals surface area contributed by atoms with Gasteiger partial charge in [-0.25, -0.2) is 14.6 Å². The van der Waals surface area contributed by atoms with E-state index in [-0.39, 0.29) is 0 Å². The summed E-state index contributed by atoms with van der Waals surface area (Å²) in [6.07, 6.45) is 6.78. The Bertz CT molecular complexity index is 637. The van der Waals surface area contributed by atoms with Crippen LogP contribution in [-0.2, 0) is 22.4 Å². The molecule has 0 aliphatic carbocycles. The molecule has 0 radical (unpaired) electrons. The summed E-state index contributed by atoms with van der Waals surface area (Å²) in [4.78, 5) is 27.6. The molecule has 0 bridgehead atoms. The number of carbonyl (C=O) groups is 2. The molecule has 118 valence electrons. The second kappa shape index (κ2) is 9.54. The van der Waals surface area contributed by atoms with Crippen molar-refractivity contribution in [3.63, 3.8) is 0 Å². The van der Waals surface area contributed by atoms with Gasteiger partial charge in [-0.05, 0) is 44.7 Å². The molecule has 0 aliphatic heterocycles. The molecule has 0 aliphatic rings. The predicted octanol–water partition coefficient (Wildman–Crippen LogP) is 3.49. The molecular formula is C13H12Br2N2O4S. The van der Waals surface area contributed by atoms with Gasteiger partial charge in [-0.1, -0.05) is 0 Å². The second-order valence-electron chi connectivity index (χ2n) is 3.89. The molecule has 0 saturated heterocycles. The number of H-pyrrole nitrogens is 1. The third kappa shape index (κ3) is 7.01. The number of carboxylic acid groups (broad SMARTS) is 2. The third-order valence-electron chi connectivity index (χ3n) is 2.29. The minimum atomic E-state index is -1.26. The second-order valence-corrected chi connectivity index (χ2v) is 6.50. The fourth-order valence-corrected chi connectivity index (χ4v) is 3.53. The third-order valence-corrected chi connectivity index (χ3v) is 5.97. The van der Waals surface area contributed by atoms with Crippen LogP contribution in [0.5, 0.6) is 0 Å². The Morgan fingerprint density at radius 3 is 2.27 bits per heavy atom. The molecule has 0 aromatic carbocycles. The van der Waals surface area contributed by atoms with Crippen LogP contribution in [0.1, 0.15) is 10.6 Å². The van der Waals surface area contributed by atoms with Crippen molar-refractivity contribution in [1.82, 2.24) is 9.97 Å². The predicted molar refractivity (Wildman–Crippen MR) is 90.1 cm³/mol. The van der Waals surface area contributed by atoms with Crippen LogP contribution in [0.15, 0.2) is 39.0 Å². The number of carboxylic acids is 2. The topological polar surface area (TPSA) is 103 Å². The minimum absolute atomic E-state index is 0.558. The number of hydrogen-bond donors (Lipinski definition) is 3. The largest absolute Gasteiger partial charge is 0.478 e. The number of nitrogens with one attached hydrogen (secondary N) is 1. The van der Waals surface area contributed by atoms with Crippen LogP contribution in [0, 0.1) is 0 Å². The molecule has 0 atom stereocenters. The van der Waals surface area contributed by atoms with Gasteiger partial charge in [0.1, 0.15) is 0 Å². The Balaban J connectivity index is 0.000000261. The van der Waals surface area contributed by atoms with Crippen LogP contribution in [0.3, 0.4) is 0 Å². The Kier molecular flexibility index (Phi) is 8.07. The van der Waals surface area contributed by atoms with Gasteiger partial charge in [-0.15, -0.1) is 11.3 Å². The van der Waals surface area contributed by atoms with Crippen LogP contribution < -0.4 is 0 Å². The van der Waals surface area contributed by atoms with Crippen LogP contribution >= 0.6 is 43.2 Å². The molecule has 2 heterocycles. The lowest BCUT2D eigenvalue weighted by atomic mass is 10.2. The van der Waals surface area contributed by atoms with Gasteiger partial charge in [-0.3, -0.25) is 0 Å². The average Bonchev–Trinajstić information content (AvgIpc) is 3.07. The summed E-state index contributed by atoms with van der Waals surface area (Å²) in [5.41, 5.74) is 1.11. The van der Waals surface area contributed by atoms with Crippen LogP contribution in [-0.4, -0.2) is 32.1 Å². The first-order chi connectivity index (χ1) is 10.4. The maximum atomic E-state index is 9.55. The van der Waals surface area contributed by atoms with Crippen molar-refractivity contribution >= 4 is 55.1 Å². The van der Waals surface area contributed by atoms with E-state index in [0.29, 0.717) is 12.2 Å². The summed E-state index contributed by atoms with van der Waals surface area (Å²) >= 11 is 8.79. The number of rotatable bonds is 5. The normalized spacial score (nSPS) is 10.3.